The monoisotopic (exact) mass is 553 g/mol. The summed E-state index contributed by atoms with van der Waals surface area (Å²) in [6, 6.07) is 11.4. The van der Waals surface area contributed by atoms with Crippen molar-refractivity contribution in [2.75, 3.05) is 50.6 Å². The molecule has 0 amide bonds. The number of anilines is 3. The molecule has 1 aliphatic heterocycles. The molecule has 1 saturated heterocycles. The van der Waals surface area contributed by atoms with E-state index < -0.39 is 17.2 Å². The first-order valence-corrected chi connectivity index (χ1v) is 13.4. The van der Waals surface area contributed by atoms with Crippen molar-refractivity contribution in [3.8, 4) is 5.75 Å². The van der Waals surface area contributed by atoms with Crippen LogP contribution in [0.2, 0.25) is 0 Å². The lowest BCUT2D eigenvalue weighted by Gasteiger charge is -2.34. The van der Waals surface area contributed by atoms with Crippen LogP contribution in [0, 0.1) is 0 Å². The molecule has 0 saturated carbocycles. The number of Topliss-reactive ketones (excluding diaryl/α,β-unsaturated/α-hetero) is 1. The Morgan fingerprint density at radius 3 is 2.52 bits per heavy atom. The van der Waals surface area contributed by atoms with Gasteiger partial charge in [-0.15, -0.1) is 0 Å². The molecule has 5 rings (SSSR count). The number of methoxy groups -OCH3 is 1. The van der Waals surface area contributed by atoms with E-state index in [9.17, 15) is 18.0 Å². The van der Waals surface area contributed by atoms with Gasteiger partial charge in [-0.05, 0) is 62.6 Å². The topological polar surface area (TPSA) is 70.6 Å². The molecule has 3 aromatic rings. The highest BCUT2D eigenvalue weighted by molar-refractivity contribution is 5.96. The molecule has 1 aliphatic carbocycles. The van der Waals surface area contributed by atoms with E-state index in [1.54, 1.807) is 7.11 Å². The number of nitrogens with one attached hydrogen (secondary N) is 1. The van der Waals surface area contributed by atoms with Crippen molar-refractivity contribution in [3.63, 3.8) is 0 Å². The molecule has 10 heteroatoms. The number of ether oxygens (including phenoxy) is 1. The Balaban J connectivity index is 1.40. The number of benzene rings is 2. The molecule has 0 radical (unpaired) electrons. The maximum absolute atomic E-state index is 13.9. The largest absolute Gasteiger partial charge is 0.494 e. The van der Waals surface area contributed by atoms with Crippen molar-refractivity contribution in [2.45, 2.75) is 44.7 Å². The number of nitrogens with zero attached hydrogens (tertiary/aromatic N) is 4. The molecule has 1 fully saturated rings. The normalized spacial score (nSPS) is 17.2. The van der Waals surface area contributed by atoms with Crippen LogP contribution in [0.3, 0.4) is 0 Å². The number of alkyl halides is 3. The summed E-state index contributed by atoms with van der Waals surface area (Å²) in [4.78, 5) is 25.4. The van der Waals surface area contributed by atoms with Gasteiger partial charge in [0.1, 0.15) is 11.5 Å². The number of aromatic nitrogens is 2. The van der Waals surface area contributed by atoms with E-state index in [-0.39, 0.29) is 23.8 Å². The standard InChI is InChI=1S/C30H34F3N5O2/c1-29(2)26(39)16-20-7-5-6-19(27(20)29)8-10-23-22(30(31,32)33)18-34-28(35-23)36-24-11-9-21(17-25(24)40-4)38-14-12-37(3)13-15-38/h5-7,9,11,17-18H,8,10,12-16H2,1-4H3,(H,34,35,36). The van der Waals surface area contributed by atoms with E-state index in [0.29, 0.717) is 24.3 Å². The zero-order valence-corrected chi connectivity index (χ0v) is 23.2. The first-order chi connectivity index (χ1) is 19.0. The van der Waals surface area contributed by atoms with Crippen LogP contribution in [-0.2, 0) is 35.6 Å². The Morgan fingerprint density at radius 1 is 1.07 bits per heavy atom. The molecule has 0 spiro atoms. The summed E-state index contributed by atoms with van der Waals surface area (Å²) in [7, 11) is 3.65. The van der Waals surface area contributed by atoms with E-state index in [0.717, 1.165) is 54.8 Å². The second kappa shape index (κ2) is 10.7. The molecular formula is C30H34F3N5O2. The third-order valence-corrected chi connectivity index (χ3v) is 8.01. The van der Waals surface area contributed by atoms with Gasteiger partial charge in [-0.1, -0.05) is 18.2 Å². The number of rotatable bonds is 7. The minimum atomic E-state index is -4.59. The maximum Gasteiger partial charge on any atom is 0.419 e. The van der Waals surface area contributed by atoms with Crippen LogP contribution in [0.1, 0.15) is 41.8 Å². The lowest BCUT2D eigenvalue weighted by molar-refractivity contribution is -0.138. The van der Waals surface area contributed by atoms with Gasteiger partial charge in [0.2, 0.25) is 5.95 Å². The fraction of sp³-hybridized carbons (Fsp3) is 0.433. The number of hydrogen-bond acceptors (Lipinski definition) is 7. The van der Waals surface area contributed by atoms with E-state index in [4.69, 9.17) is 4.74 Å². The van der Waals surface area contributed by atoms with Gasteiger partial charge in [0.15, 0.2) is 0 Å². The Labute approximate surface area is 232 Å². The predicted octanol–water partition coefficient (Wildman–Crippen LogP) is 5.19. The summed E-state index contributed by atoms with van der Waals surface area (Å²) in [5.74, 6) is 0.725. The van der Waals surface area contributed by atoms with Crippen LogP contribution < -0.4 is 15.0 Å². The number of halogens is 3. The van der Waals surface area contributed by atoms with Crippen LogP contribution >= 0.6 is 0 Å². The third kappa shape index (κ3) is 5.50. The summed E-state index contributed by atoms with van der Waals surface area (Å²) < 4.78 is 47.3. The van der Waals surface area contributed by atoms with Gasteiger partial charge < -0.3 is 19.9 Å². The molecule has 2 aliphatic rings. The van der Waals surface area contributed by atoms with Crippen molar-refractivity contribution in [1.82, 2.24) is 14.9 Å². The van der Waals surface area contributed by atoms with Gasteiger partial charge in [0.25, 0.3) is 0 Å². The Bertz CT molecular complexity index is 1410. The average Bonchev–Trinajstić information content (AvgIpc) is 3.15. The van der Waals surface area contributed by atoms with Crippen LogP contribution in [-0.4, -0.2) is 61.0 Å². The molecule has 40 heavy (non-hydrogen) atoms. The van der Waals surface area contributed by atoms with Crippen molar-refractivity contribution in [3.05, 3.63) is 70.5 Å². The molecule has 1 aromatic heterocycles. The van der Waals surface area contributed by atoms with E-state index in [1.807, 2.05) is 50.2 Å². The molecule has 212 valence electrons. The minimum Gasteiger partial charge on any atom is -0.494 e. The fourth-order valence-corrected chi connectivity index (χ4v) is 5.67. The Hall–Kier alpha value is -3.66. The smallest absolute Gasteiger partial charge is 0.419 e. The predicted molar refractivity (Wildman–Crippen MR) is 149 cm³/mol. The summed E-state index contributed by atoms with van der Waals surface area (Å²) in [5, 5.41) is 3.05. The highest BCUT2D eigenvalue weighted by Crippen LogP contribution is 2.39. The molecular weight excluding hydrogens is 519 g/mol. The number of likely N-dealkylation sites (N-methyl/N-ethyl adjacent to an activating group) is 1. The lowest BCUT2D eigenvalue weighted by Crippen LogP contribution is -2.44. The molecule has 0 bridgehead atoms. The molecule has 2 aromatic carbocycles. The number of ketones is 1. The average molecular weight is 554 g/mol. The third-order valence-electron chi connectivity index (χ3n) is 8.01. The lowest BCUT2D eigenvalue weighted by atomic mass is 9.81. The summed E-state index contributed by atoms with van der Waals surface area (Å²) in [5.41, 5.74) is 2.69. The molecule has 0 atom stereocenters. The summed E-state index contributed by atoms with van der Waals surface area (Å²) in [6.07, 6.45) is -3.04. The maximum atomic E-state index is 13.9. The Morgan fingerprint density at radius 2 is 1.82 bits per heavy atom. The molecule has 7 nitrogen and oxygen atoms in total. The van der Waals surface area contributed by atoms with Gasteiger partial charge in [-0.2, -0.15) is 13.2 Å². The van der Waals surface area contributed by atoms with Gasteiger partial charge in [-0.3, -0.25) is 4.79 Å². The van der Waals surface area contributed by atoms with E-state index >= 15 is 0 Å². The van der Waals surface area contributed by atoms with Crippen molar-refractivity contribution >= 4 is 23.1 Å². The number of aryl methyl sites for hydroxylation is 2. The zero-order valence-electron chi connectivity index (χ0n) is 23.2. The minimum absolute atomic E-state index is 0.0479. The quantitative estimate of drug-likeness (QED) is 0.432. The Kier molecular flexibility index (Phi) is 7.48. The number of carbonyl (C=O) groups is 1. The van der Waals surface area contributed by atoms with Gasteiger partial charge in [-0.25, -0.2) is 9.97 Å². The summed E-state index contributed by atoms with van der Waals surface area (Å²) >= 11 is 0. The van der Waals surface area contributed by atoms with Gasteiger partial charge in [0.05, 0.1) is 24.1 Å². The molecule has 0 unspecified atom stereocenters. The highest BCUT2D eigenvalue weighted by Gasteiger charge is 2.40. The van der Waals surface area contributed by atoms with E-state index in [2.05, 4.69) is 32.1 Å². The first-order valence-electron chi connectivity index (χ1n) is 13.4. The highest BCUT2D eigenvalue weighted by atomic mass is 19.4. The summed E-state index contributed by atoms with van der Waals surface area (Å²) in [6.45, 7) is 7.47. The van der Waals surface area contributed by atoms with Crippen LogP contribution in [0.4, 0.5) is 30.5 Å². The van der Waals surface area contributed by atoms with Crippen molar-refractivity contribution in [1.29, 1.82) is 0 Å². The van der Waals surface area contributed by atoms with Gasteiger partial charge >= 0.3 is 6.18 Å². The molecule has 2 heterocycles. The SMILES string of the molecule is COc1cc(N2CCN(C)CC2)ccc1Nc1ncc(C(F)(F)F)c(CCc2cccc3c2C(C)(C)C(=O)C3)n1. The zero-order chi connectivity index (χ0) is 28.7. The van der Waals surface area contributed by atoms with Crippen molar-refractivity contribution in [2.24, 2.45) is 0 Å². The van der Waals surface area contributed by atoms with Crippen LogP contribution in [0.15, 0.2) is 42.6 Å². The first kappa shape index (κ1) is 27.9. The fourth-order valence-electron chi connectivity index (χ4n) is 5.67. The number of piperazine rings is 1. The molecule has 1 N–H and O–H groups in total. The second-order valence-electron chi connectivity index (χ2n) is 11.0. The van der Waals surface area contributed by atoms with E-state index in [1.165, 1.54) is 0 Å². The van der Waals surface area contributed by atoms with Crippen LogP contribution in [0.25, 0.3) is 0 Å². The second-order valence-corrected chi connectivity index (χ2v) is 11.0. The van der Waals surface area contributed by atoms with Crippen LogP contribution in [0.5, 0.6) is 5.75 Å². The number of hydrogen-bond donors (Lipinski definition) is 1. The number of carbonyl (C=O) groups excluding carboxylic acids is 1. The van der Waals surface area contributed by atoms with Gasteiger partial charge in [0, 0.05) is 56.0 Å². The van der Waals surface area contributed by atoms with Crippen molar-refractivity contribution < 1.29 is 22.7 Å². The number of fused-ring (bicyclic) bond motifs is 1.